The fourth-order valence-electron chi connectivity index (χ4n) is 5.28. The van der Waals surface area contributed by atoms with Crippen molar-refractivity contribution in [1.82, 2.24) is 10.1 Å². The Labute approximate surface area is 226 Å². The van der Waals surface area contributed by atoms with Crippen LogP contribution in [0, 0.1) is 5.41 Å². The molecule has 3 heterocycles. The monoisotopic (exact) mass is 541 g/mol. The van der Waals surface area contributed by atoms with Gasteiger partial charge in [0.15, 0.2) is 0 Å². The first-order valence-corrected chi connectivity index (χ1v) is 13.3. The lowest BCUT2D eigenvalue weighted by Crippen LogP contribution is -2.61. The minimum atomic E-state index is -0.796. The van der Waals surface area contributed by atoms with E-state index in [1.165, 1.54) is 0 Å². The maximum Gasteiger partial charge on any atom is 0.292 e. The topological polar surface area (TPSA) is 75.9 Å². The Morgan fingerprint density at radius 2 is 1.92 bits per heavy atom. The van der Waals surface area contributed by atoms with Crippen LogP contribution < -0.4 is 9.64 Å². The fraction of sp³-hybridized carbons (Fsp3) is 0.393. The van der Waals surface area contributed by atoms with Crippen molar-refractivity contribution in [3.8, 4) is 5.75 Å². The van der Waals surface area contributed by atoms with Gasteiger partial charge in [0.05, 0.1) is 17.7 Å². The molecule has 2 saturated heterocycles. The largest absolute Gasteiger partial charge is 0.488 e. The van der Waals surface area contributed by atoms with E-state index in [1.807, 2.05) is 38.1 Å². The number of carbonyl (C=O) groups is 2. The lowest BCUT2D eigenvalue weighted by Gasteiger charge is -2.49. The van der Waals surface area contributed by atoms with E-state index in [0.717, 1.165) is 11.4 Å². The molecule has 9 heteroatoms. The van der Waals surface area contributed by atoms with E-state index in [4.69, 9.17) is 32.5 Å². The number of hydrogen-bond donors (Lipinski definition) is 0. The molecule has 2 aliphatic heterocycles. The third-order valence-electron chi connectivity index (χ3n) is 7.14. The van der Waals surface area contributed by atoms with Gasteiger partial charge in [-0.05, 0) is 61.2 Å². The van der Waals surface area contributed by atoms with Crippen LogP contribution in [-0.4, -0.2) is 47.6 Å². The SMILES string of the molecule is CC(C)c1cc(C(=O)N2CCC[C@@]3(C[C@@H](Oc4cccc(Cl)c4)CN(c4ccc(Cl)cc4)C3=O)C2)on1. The van der Waals surface area contributed by atoms with Gasteiger partial charge in [-0.25, -0.2) is 0 Å². The van der Waals surface area contributed by atoms with Gasteiger partial charge < -0.3 is 19.1 Å². The molecule has 2 aromatic carbocycles. The number of benzene rings is 2. The molecular formula is C28H29Cl2N3O4. The van der Waals surface area contributed by atoms with Crippen LogP contribution in [0.2, 0.25) is 10.0 Å². The van der Waals surface area contributed by atoms with Crippen molar-refractivity contribution in [3.05, 3.63) is 76.1 Å². The molecule has 2 fully saturated rings. The minimum absolute atomic E-state index is 0.0151. The first-order chi connectivity index (χ1) is 17.7. The van der Waals surface area contributed by atoms with Crippen molar-refractivity contribution in [1.29, 1.82) is 0 Å². The number of nitrogens with zero attached hydrogens (tertiary/aromatic N) is 3. The molecule has 2 atom stereocenters. The molecule has 1 aromatic heterocycles. The summed E-state index contributed by atoms with van der Waals surface area (Å²) in [5, 5.41) is 5.21. The van der Waals surface area contributed by atoms with Crippen LogP contribution in [0.4, 0.5) is 5.69 Å². The number of likely N-dealkylation sites (tertiary alicyclic amines) is 1. The number of ether oxygens (including phenoxy) is 1. The molecule has 1 spiro atoms. The average molecular weight is 542 g/mol. The zero-order valence-electron chi connectivity index (χ0n) is 20.8. The van der Waals surface area contributed by atoms with Crippen LogP contribution in [-0.2, 0) is 4.79 Å². The number of halogens is 2. The fourth-order valence-corrected chi connectivity index (χ4v) is 5.59. The molecule has 7 nitrogen and oxygen atoms in total. The first kappa shape index (κ1) is 25.6. The molecule has 194 valence electrons. The Morgan fingerprint density at radius 3 is 2.62 bits per heavy atom. The molecule has 0 aliphatic carbocycles. The molecule has 0 N–H and O–H groups in total. The van der Waals surface area contributed by atoms with Gasteiger partial charge in [0.2, 0.25) is 11.7 Å². The Hall–Kier alpha value is -3.03. The number of amides is 2. The summed E-state index contributed by atoms with van der Waals surface area (Å²) >= 11 is 12.3. The van der Waals surface area contributed by atoms with Crippen molar-refractivity contribution in [2.24, 2.45) is 5.41 Å². The second kappa shape index (κ2) is 10.4. The predicted octanol–water partition coefficient (Wildman–Crippen LogP) is 6.21. The number of piperidine rings is 2. The van der Waals surface area contributed by atoms with E-state index in [0.29, 0.717) is 48.1 Å². The molecular weight excluding hydrogens is 513 g/mol. The number of carbonyl (C=O) groups excluding carboxylic acids is 2. The van der Waals surface area contributed by atoms with Gasteiger partial charge in [0.1, 0.15) is 11.9 Å². The van der Waals surface area contributed by atoms with Crippen LogP contribution in [0.5, 0.6) is 5.75 Å². The highest BCUT2D eigenvalue weighted by atomic mass is 35.5. The van der Waals surface area contributed by atoms with Crippen molar-refractivity contribution in [2.75, 3.05) is 24.5 Å². The Balaban J connectivity index is 1.45. The molecule has 5 rings (SSSR count). The number of anilines is 1. The zero-order valence-corrected chi connectivity index (χ0v) is 22.3. The van der Waals surface area contributed by atoms with E-state index in [-0.39, 0.29) is 36.1 Å². The Kier molecular flexibility index (Phi) is 7.19. The average Bonchev–Trinajstić information content (AvgIpc) is 3.37. The molecule has 2 aliphatic rings. The molecule has 37 heavy (non-hydrogen) atoms. The van der Waals surface area contributed by atoms with E-state index in [1.54, 1.807) is 40.1 Å². The van der Waals surface area contributed by atoms with Gasteiger partial charge in [-0.3, -0.25) is 9.59 Å². The zero-order chi connectivity index (χ0) is 26.2. The van der Waals surface area contributed by atoms with Crippen LogP contribution in [0.25, 0.3) is 0 Å². The minimum Gasteiger partial charge on any atom is -0.488 e. The predicted molar refractivity (Wildman–Crippen MR) is 142 cm³/mol. The highest BCUT2D eigenvalue weighted by Crippen LogP contribution is 2.42. The van der Waals surface area contributed by atoms with Gasteiger partial charge >= 0.3 is 0 Å². The second-order valence-electron chi connectivity index (χ2n) is 10.2. The van der Waals surface area contributed by atoms with E-state index >= 15 is 0 Å². The first-order valence-electron chi connectivity index (χ1n) is 12.5. The summed E-state index contributed by atoms with van der Waals surface area (Å²) < 4.78 is 11.7. The van der Waals surface area contributed by atoms with Crippen molar-refractivity contribution >= 4 is 40.7 Å². The third-order valence-corrected chi connectivity index (χ3v) is 7.62. The highest BCUT2D eigenvalue weighted by Gasteiger charge is 2.51. The smallest absolute Gasteiger partial charge is 0.292 e. The second-order valence-corrected chi connectivity index (χ2v) is 11.0. The molecule has 2 amide bonds. The normalized spacial score (nSPS) is 22.1. The van der Waals surface area contributed by atoms with Gasteiger partial charge in [-0.1, -0.05) is 48.3 Å². The maximum atomic E-state index is 14.1. The van der Waals surface area contributed by atoms with E-state index in [2.05, 4.69) is 5.16 Å². The van der Waals surface area contributed by atoms with E-state index in [9.17, 15) is 9.59 Å². The van der Waals surface area contributed by atoms with Crippen molar-refractivity contribution in [3.63, 3.8) is 0 Å². The maximum absolute atomic E-state index is 14.1. The Morgan fingerprint density at radius 1 is 1.14 bits per heavy atom. The van der Waals surface area contributed by atoms with Crippen molar-refractivity contribution < 1.29 is 18.8 Å². The van der Waals surface area contributed by atoms with Crippen LogP contribution in [0.3, 0.4) is 0 Å². The summed E-state index contributed by atoms with van der Waals surface area (Å²) in [6, 6.07) is 16.2. The van der Waals surface area contributed by atoms with Crippen molar-refractivity contribution in [2.45, 2.75) is 45.1 Å². The molecule has 0 unspecified atom stereocenters. The number of rotatable bonds is 5. The molecule has 0 bridgehead atoms. The molecule has 0 radical (unpaired) electrons. The summed E-state index contributed by atoms with van der Waals surface area (Å²) in [4.78, 5) is 30.9. The number of hydrogen-bond acceptors (Lipinski definition) is 5. The quantitative estimate of drug-likeness (QED) is 0.383. The summed E-state index contributed by atoms with van der Waals surface area (Å²) in [6.45, 7) is 5.19. The van der Waals surface area contributed by atoms with Gasteiger partial charge in [0, 0.05) is 41.3 Å². The molecule has 3 aromatic rings. The van der Waals surface area contributed by atoms with Gasteiger partial charge in [-0.2, -0.15) is 0 Å². The lowest BCUT2D eigenvalue weighted by atomic mass is 9.71. The van der Waals surface area contributed by atoms with Gasteiger partial charge in [0.25, 0.3) is 5.91 Å². The summed E-state index contributed by atoms with van der Waals surface area (Å²) in [5.41, 5.74) is 0.678. The van der Waals surface area contributed by atoms with E-state index < -0.39 is 5.41 Å². The van der Waals surface area contributed by atoms with Crippen LogP contribution in [0.1, 0.15) is 55.3 Å². The molecule has 0 saturated carbocycles. The summed E-state index contributed by atoms with van der Waals surface area (Å²) in [6.07, 6.45) is 1.54. The summed E-state index contributed by atoms with van der Waals surface area (Å²) in [5.74, 6) is 0.728. The standard InChI is InChI=1S/C28H29Cl2N3O4/c1-18(2)24-14-25(37-31-24)26(34)32-12-4-11-28(17-32)15-23(36-22-6-3-5-20(30)13-22)16-33(27(28)35)21-9-7-19(29)8-10-21/h3,5-10,13-14,18,23H,4,11-12,15-17H2,1-2H3/t23-,28-/m1/s1. The van der Waals surface area contributed by atoms with Gasteiger partial charge in [-0.15, -0.1) is 0 Å². The lowest BCUT2D eigenvalue weighted by molar-refractivity contribution is -0.136. The summed E-state index contributed by atoms with van der Waals surface area (Å²) in [7, 11) is 0. The third kappa shape index (κ3) is 5.34. The van der Waals surface area contributed by atoms with Crippen LogP contribution >= 0.6 is 23.2 Å². The Bertz CT molecular complexity index is 1290. The highest BCUT2D eigenvalue weighted by molar-refractivity contribution is 6.31. The number of aromatic nitrogens is 1. The van der Waals surface area contributed by atoms with Crippen LogP contribution in [0.15, 0.2) is 59.1 Å².